The zero-order chi connectivity index (χ0) is 12.6. The molecule has 0 aromatic rings. The lowest BCUT2D eigenvalue weighted by atomic mass is 9.97. The van der Waals surface area contributed by atoms with E-state index in [-0.39, 0.29) is 17.4 Å². The maximum atomic E-state index is 11.3. The largest absolute Gasteiger partial charge is 0.356 e. The number of rotatable bonds is 5. The third kappa shape index (κ3) is 10.8. The molecule has 5 heteroatoms. The molecule has 0 bridgehead atoms. The van der Waals surface area contributed by atoms with Gasteiger partial charge >= 0.3 is 6.03 Å². The minimum Gasteiger partial charge on any atom is -0.356 e. The summed E-state index contributed by atoms with van der Waals surface area (Å²) in [6.07, 6.45) is 0.739. The third-order valence-corrected chi connectivity index (χ3v) is 1.79. The van der Waals surface area contributed by atoms with Crippen molar-refractivity contribution in [3.63, 3.8) is 0 Å². The predicted octanol–water partition coefficient (Wildman–Crippen LogP) is 0.858. The van der Waals surface area contributed by atoms with Gasteiger partial charge in [-0.25, -0.2) is 4.79 Å². The third-order valence-electron chi connectivity index (χ3n) is 1.79. The van der Waals surface area contributed by atoms with E-state index >= 15 is 0 Å². The lowest BCUT2D eigenvalue weighted by Gasteiger charge is -2.18. The molecule has 0 aromatic carbocycles. The van der Waals surface area contributed by atoms with Gasteiger partial charge < -0.3 is 16.0 Å². The summed E-state index contributed by atoms with van der Waals surface area (Å²) < 4.78 is 0. The maximum Gasteiger partial charge on any atom is 0.314 e. The first-order chi connectivity index (χ1) is 7.31. The molecular weight excluding hydrogens is 206 g/mol. The Bertz CT molecular complexity index is 234. The van der Waals surface area contributed by atoms with Crippen LogP contribution < -0.4 is 16.0 Å². The minimum atomic E-state index is -0.155. The molecule has 0 fully saturated rings. The summed E-state index contributed by atoms with van der Waals surface area (Å²) in [7, 11) is 0. The van der Waals surface area contributed by atoms with Gasteiger partial charge in [-0.15, -0.1) is 0 Å². The Labute approximate surface area is 97.4 Å². The molecule has 0 aliphatic heterocycles. The Morgan fingerprint density at radius 3 is 2.06 bits per heavy atom. The van der Waals surface area contributed by atoms with Crippen molar-refractivity contribution in [2.75, 3.05) is 19.6 Å². The Hall–Kier alpha value is -1.26. The average Bonchev–Trinajstić information content (AvgIpc) is 2.12. The summed E-state index contributed by atoms with van der Waals surface area (Å²) in [4.78, 5) is 21.8. The van der Waals surface area contributed by atoms with Gasteiger partial charge in [0.15, 0.2) is 0 Å². The quantitative estimate of drug-likeness (QED) is 0.612. The topological polar surface area (TPSA) is 70.2 Å². The fourth-order valence-corrected chi connectivity index (χ4v) is 0.963. The van der Waals surface area contributed by atoms with Crippen molar-refractivity contribution >= 4 is 11.9 Å². The lowest BCUT2D eigenvalue weighted by molar-refractivity contribution is -0.118. The molecule has 3 amide bonds. The second-order valence-corrected chi connectivity index (χ2v) is 5.01. The first kappa shape index (κ1) is 14.7. The highest BCUT2D eigenvalue weighted by atomic mass is 16.2. The zero-order valence-electron chi connectivity index (χ0n) is 10.6. The van der Waals surface area contributed by atoms with E-state index in [0.717, 1.165) is 6.42 Å². The first-order valence-electron chi connectivity index (χ1n) is 5.57. The van der Waals surface area contributed by atoms with Gasteiger partial charge in [-0.2, -0.15) is 0 Å². The average molecular weight is 229 g/mol. The van der Waals surface area contributed by atoms with Crippen molar-refractivity contribution in [1.29, 1.82) is 0 Å². The Kier molecular flexibility index (Phi) is 6.53. The van der Waals surface area contributed by atoms with E-state index in [2.05, 4.69) is 36.7 Å². The Morgan fingerprint density at radius 2 is 1.56 bits per heavy atom. The van der Waals surface area contributed by atoms with E-state index in [4.69, 9.17) is 0 Å². The molecule has 0 aliphatic rings. The van der Waals surface area contributed by atoms with Gasteiger partial charge in [0.2, 0.25) is 5.91 Å². The van der Waals surface area contributed by atoms with Crippen molar-refractivity contribution in [3.8, 4) is 0 Å². The van der Waals surface area contributed by atoms with Crippen LogP contribution in [0.4, 0.5) is 4.79 Å². The van der Waals surface area contributed by atoms with Crippen LogP contribution in [-0.4, -0.2) is 31.6 Å². The van der Waals surface area contributed by atoms with Gasteiger partial charge in [-0.3, -0.25) is 4.79 Å². The number of amides is 3. The molecule has 0 rings (SSSR count). The highest BCUT2D eigenvalue weighted by Crippen LogP contribution is 2.09. The standard InChI is InChI=1S/C11H23N3O2/c1-9(15)12-6-5-7-13-10(16)14-8-11(2,3)4/h5-8H2,1-4H3,(H,12,15)(H2,13,14,16). The lowest BCUT2D eigenvalue weighted by Crippen LogP contribution is -2.40. The van der Waals surface area contributed by atoms with Crippen LogP contribution in [-0.2, 0) is 4.79 Å². The highest BCUT2D eigenvalue weighted by Gasteiger charge is 2.11. The van der Waals surface area contributed by atoms with Crippen LogP contribution in [0.2, 0.25) is 0 Å². The van der Waals surface area contributed by atoms with E-state index < -0.39 is 0 Å². The van der Waals surface area contributed by atoms with Gasteiger partial charge in [0.05, 0.1) is 0 Å². The van der Waals surface area contributed by atoms with Crippen LogP contribution in [0.1, 0.15) is 34.1 Å². The van der Waals surface area contributed by atoms with Crippen LogP contribution in [0.15, 0.2) is 0 Å². The summed E-state index contributed by atoms with van der Waals surface area (Å²) >= 11 is 0. The van der Waals surface area contributed by atoms with Gasteiger partial charge in [-0.1, -0.05) is 20.8 Å². The van der Waals surface area contributed by atoms with Gasteiger partial charge in [0, 0.05) is 26.6 Å². The number of carbonyl (C=O) groups is 2. The van der Waals surface area contributed by atoms with Gasteiger partial charge in [0.1, 0.15) is 0 Å². The van der Waals surface area contributed by atoms with Gasteiger partial charge in [0.25, 0.3) is 0 Å². The molecule has 0 saturated carbocycles. The molecule has 94 valence electrons. The molecule has 0 radical (unpaired) electrons. The number of carbonyl (C=O) groups excluding carboxylic acids is 2. The summed E-state index contributed by atoms with van der Waals surface area (Å²) in [6, 6.07) is -0.155. The summed E-state index contributed by atoms with van der Waals surface area (Å²) in [5.74, 6) is -0.0443. The zero-order valence-corrected chi connectivity index (χ0v) is 10.6. The maximum absolute atomic E-state index is 11.3. The summed E-state index contributed by atoms with van der Waals surface area (Å²) in [5.41, 5.74) is 0.0908. The van der Waals surface area contributed by atoms with Crippen LogP contribution in [0.5, 0.6) is 0 Å². The fourth-order valence-electron chi connectivity index (χ4n) is 0.963. The number of hydrogen-bond acceptors (Lipinski definition) is 2. The van der Waals surface area contributed by atoms with Crippen LogP contribution >= 0.6 is 0 Å². The number of urea groups is 1. The second-order valence-electron chi connectivity index (χ2n) is 5.01. The molecular formula is C11H23N3O2. The van der Waals surface area contributed by atoms with E-state index in [0.29, 0.717) is 19.6 Å². The van der Waals surface area contributed by atoms with Crippen LogP contribution in [0, 0.1) is 5.41 Å². The summed E-state index contributed by atoms with van der Waals surface area (Å²) in [5, 5.41) is 8.18. The van der Waals surface area contributed by atoms with Crippen molar-refractivity contribution in [2.45, 2.75) is 34.1 Å². The molecule has 16 heavy (non-hydrogen) atoms. The molecule has 5 nitrogen and oxygen atoms in total. The minimum absolute atomic E-state index is 0.0443. The molecule has 0 heterocycles. The van der Waals surface area contributed by atoms with Crippen molar-refractivity contribution in [3.05, 3.63) is 0 Å². The monoisotopic (exact) mass is 229 g/mol. The normalized spacial score (nSPS) is 10.8. The Morgan fingerprint density at radius 1 is 1.00 bits per heavy atom. The van der Waals surface area contributed by atoms with Crippen LogP contribution in [0.25, 0.3) is 0 Å². The summed E-state index contributed by atoms with van der Waals surface area (Å²) in [6.45, 7) is 9.46. The van der Waals surface area contributed by atoms with E-state index in [1.54, 1.807) is 0 Å². The molecule has 0 aromatic heterocycles. The first-order valence-corrected chi connectivity index (χ1v) is 5.57. The van der Waals surface area contributed by atoms with Crippen molar-refractivity contribution in [1.82, 2.24) is 16.0 Å². The fraction of sp³-hybridized carbons (Fsp3) is 0.818. The van der Waals surface area contributed by atoms with Crippen molar-refractivity contribution in [2.24, 2.45) is 5.41 Å². The van der Waals surface area contributed by atoms with E-state index in [9.17, 15) is 9.59 Å². The SMILES string of the molecule is CC(=O)NCCCNC(=O)NCC(C)(C)C. The second kappa shape index (κ2) is 7.09. The molecule has 0 aliphatic carbocycles. The smallest absolute Gasteiger partial charge is 0.314 e. The van der Waals surface area contributed by atoms with Crippen molar-refractivity contribution < 1.29 is 9.59 Å². The number of nitrogens with one attached hydrogen (secondary N) is 3. The van der Waals surface area contributed by atoms with Gasteiger partial charge in [-0.05, 0) is 11.8 Å². The van der Waals surface area contributed by atoms with Crippen LogP contribution in [0.3, 0.4) is 0 Å². The molecule has 0 unspecified atom stereocenters. The number of hydrogen-bond donors (Lipinski definition) is 3. The van der Waals surface area contributed by atoms with E-state index in [1.165, 1.54) is 6.92 Å². The molecule has 0 atom stereocenters. The Balaban J connectivity index is 3.41. The molecule has 0 saturated heterocycles. The van der Waals surface area contributed by atoms with E-state index in [1.807, 2.05) is 0 Å². The highest BCUT2D eigenvalue weighted by molar-refractivity contribution is 5.74. The molecule has 3 N–H and O–H groups in total. The molecule has 0 spiro atoms. The predicted molar refractivity (Wildman–Crippen MR) is 64.2 cm³/mol.